The molecule has 1 aromatic rings. The predicted octanol–water partition coefficient (Wildman–Crippen LogP) is 2.71. The number of aliphatic hydroxyl groups excluding tert-OH is 1. The summed E-state index contributed by atoms with van der Waals surface area (Å²) in [5.74, 6) is -1.73. The van der Waals surface area contributed by atoms with Gasteiger partial charge in [-0.3, -0.25) is 9.59 Å². The lowest BCUT2D eigenvalue weighted by molar-refractivity contribution is -0.118. The summed E-state index contributed by atoms with van der Waals surface area (Å²) in [5, 5.41) is 24.2. The highest BCUT2D eigenvalue weighted by molar-refractivity contribution is 14.1. The topological polar surface area (TPSA) is 116 Å². The molecule has 0 bridgehead atoms. The molecule has 0 saturated heterocycles. The predicted molar refractivity (Wildman–Crippen MR) is 119 cm³/mol. The first-order chi connectivity index (χ1) is 11.7. The van der Waals surface area contributed by atoms with Gasteiger partial charge in [0.2, 0.25) is 11.8 Å². The molecule has 1 aromatic carbocycles. The first-order valence-electron chi connectivity index (χ1n) is 6.98. The minimum atomic E-state index is -1.12. The summed E-state index contributed by atoms with van der Waals surface area (Å²) >= 11 is 5.74. The molecule has 136 valence electrons. The highest BCUT2D eigenvalue weighted by Crippen LogP contribution is 2.35. The Balaban J connectivity index is 2.96. The summed E-state index contributed by atoms with van der Waals surface area (Å²) in [5.41, 5.74) is 0.898. The average Bonchev–Trinajstić information content (AvgIpc) is 2.55. The number of carboxylic acid groups (broad SMARTS) is 1. The number of hydrogen-bond acceptors (Lipinski definition) is 4. The van der Waals surface area contributed by atoms with Crippen molar-refractivity contribution in [2.24, 2.45) is 0 Å². The molecule has 1 rings (SSSR count). The van der Waals surface area contributed by atoms with Crippen molar-refractivity contribution in [1.82, 2.24) is 5.32 Å². The summed E-state index contributed by atoms with van der Waals surface area (Å²) in [7, 11) is 0. The number of carboxylic acids is 1. The number of amides is 2. The standard InChI is InChI=1S/C15H15I3N2O5/c1-2-8(22)19-5-3-4-9(23)20-14-12(17)7(6-21)11(16)10(13(14)18)15(24)25/h2,21H,1,3-6H2,(H,19,22)(H,20,23)(H,24,25). The largest absolute Gasteiger partial charge is 0.478 e. The molecule has 4 N–H and O–H groups in total. The van der Waals surface area contributed by atoms with Crippen LogP contribution in [-0.2, 0) is 16.2 Å². The van der Waals surface area contributed by atoms with Gasteiger partial charge >= 0.3 is 5.97 Å². The molecule has 0 aliphatic heterocycles. The van der Waals surface area contributed by atoms with Gasteiger partial charge in [-0.25, -0.2) is 4.79 Å². The summed E-state index contributed by atoms with van der Waals surface area (Å²) in [4.78, 5) is 34.7. The normalized spacial score (nSPS) is 10.2. The lowest BCUT2D eigenvalue weighted by Gasteiger charge is -2.17. The van der Waals surface area contributed by atoms with Gasteiger partial charge in [0.1, 0.15) is 0 Å². The van der Waals surface area contributed by atoms with Gasteiger partial charge in [0.05, 0.1) is 21.4 Å². The SMILES string of the molecule is C=CC(=O)NCCCC(=O)Nc1c(I)c(CO)c(I)c(C(=O)O)c1I. The molecule has 0 radical (unpaired) electrons. The van der Waals surface area contributed by atoms with Crippen LogP contribution in [0.5, 0.6) is 0 Å². The zero-order valence-electron chi connectivity index (χ0n) is 12.9. The van der Waals surface area contributed by atoms with Crippen molar-refractivity contribution in [2.75, 3.05) is 11.9 Å². The number of anilines is 1. The second kappa shape index (κ2) is 10.6. The third-order valence-electron chi connectivity index (χ3n) is 3.11. The van der Waals surface area contributed by atoms with Gasteiger partial charge < -0.3 is 20.8 Å². The van der Waals surface area contributed by atoms with Gasteiger partial charge in [-0.2, -0.15) is 0 Å². The van der Waals surface area contributed by atoms with Crippen LogP contribution in [0.4, 0.5) is 5.69 Å². The van der Waals surface area contributed by atoms with Crippen molar-refractivity contribution in [1.29, 1.82) is 0 Å². The minimum Gasteiger partial charge on any atom is -0.478 e. The number of carbonyl (C=O) groups excluding carboxylic acids is 2. The van der Waals surface area contributed by atoms with Crippen LogP contribution in [0.1, 0.15) is 28.8 Å². The van der Waals surface area contributed by atoms with E-state index in [0.717, 1.165) is 6.08 Å². The van der Waals surface area contributed by atoms with Crippen LogP contribution in [0, 0.1) is 10.7 Å². The number of halogens is 3. The highest BCUT2D eigenvalue weighted by atomic mass is 127. The maximum absolute atomic E-state index is 12.1. The summed E-state index contributed by atoms with van der Waals surface area (Å²) in [6.45, 7) is 3.34. The number of benzene rings is 1. The molecule has 0 aliphatic rings. The molecule has 0 fully saturated rings. The van der Waals surface area contributed by atoms with Gasteiger partial charge in [0, 0.05) is 25.7 Å². The molecule has 0 spiro atoms. The average molecular weight is 684 g/mol. The molecule has 0 aliphatic carbocycles. The van der Waals surface area contributed by atoms with Crippen LogP contribution in [0.3, 0.4) is 0 Å². The van der Waals surface area contributed by atoms with Crippen molar-refractivity contribution >= 4 is 91.2 Å². The number of nitrogens with one attached hydrogen (secondary N) is 2. The van der Waals surface area contributed by atoms with Crippen LogP contribution in [0.15, 0.2) is 12.7 Å². The molecule has 0 aromatic heterocycles. The smallest absolute Gasteiger partial charge is 0.337 e. The van der Waals surface area contributed by atoms with Crippen LogP contribution >= 0.6 is 67.8 Å². The van der Waals surface area contributed by atoms with Gasteiger partial charge in [-0.1, -0.05) is 6.58 Å². The zero-order chi connectivity index (χ0) is 19.1. The Kier molecular flexibility index (Phi) is 9.58. The quantitative estimate of drug-likeness (QED) is 0.191. The second-order valence-corrected chi connectivity index (χ2v) is 8.02. The van der Waals surface area contributed by atoms with Gasteiger partial charge in [0.15, 0.2) is 0 Å². The van der Waals surface area contributed by atoms with Crippen LogP contribution < -0.4 is 10.6 Å². The van der Waals surface area contributed by atoms with Crippen LogP contribution in [-0.4, -0.2) is 34.5 Å². The summed E-state index contributed by atoms with van der Waals surface area (Å²) in [6.07, 6.45) is 1.74. The first kappa shape index (κ1) is 22.6. The molecule has 7 nitrogen and oxygen atoms in total. The Labute approximate surface area is 185 Å². The van der Waals surface area contributed by atoms with E-state index in [2.05, 4.69) is 17.2 Å². The van der Waals surface area contributed by atoms with Crippen LogP contribution in [0.2, 0.25) is 0 Å². The summed E-state index contributed by atoms with van der Waals surface area (Å²) < 4.78 is 1.46. The van der Waals surface area contributed by atoms with Crippen molar-refractivity contribution in [3.63, 3.8) is 0 Å². The molecule has 0 atom stereocenters. The van der Waals surface area contributed by atoms with E-state index in [1.54, 1.807) is 0 Å². The Morgan fingerprint density at radius 3 is 2.28 bits per heavy atom. The fourth-order valence-electron chi connectivity index (χ4n) is 1.89. The van der Waals surface area contributed by atoms with Gasteiger partial charge in [0.25, 0.3) is 0 Å². The number of aliphatic hydroxyl groups is 1. The third kappa shape index (κ3) is 6.02. The lowest BCUT2D eigenvalue weighted by Crippen LogP contribution is -2.23. The van der Waals surface area contributed by atoms with Crippen molar-refractivity contribution < 1.29 is 24.6 Å². The number of hydrogen-bond donors (Lipinski definition) is 4. The Bertz CT molecular complexity index is 722. The lowest BCUT2D eigenvalue weighted by atomic mass is 10.1. The van der Waals surface area contributed by atoms with E-state index in [0.29, 0.717) is 34.9 Å². The maximum Gasteiger partial charge on any atom is 0.337 e. The van der Waals surface area contributed by atoms with E-state index in [1.165, 1.54) is 0 Å². The monoisotopic (exact) mass is 684 g/mol. The molecule has 0 unspecified atom stereocenters. The van der Waals surface area contributed by atoms with E-state index in [9.17, 15) is 24.6 Å². The Morgan fingerprint density at radius 1 is 1.12 bits per heavy atom. The molecule has 0 saturated carbocycles. The number of rotatable bonds is 8. The number of aromatic carboxylic acids is 1. The Morgan fingerprint density at radius 2 is 1.76 bits per heavy atom. The van der Waals surface area contributed by atoms with Crippen molar-refractivity contribution in [3.05, 3.63) is 34.5 Å². The Hall–Kier alpha value is -0.480. The fourth-order valence-corrected chi connectivity index (χ4v) is 6.13. The van der Waals surface area contributed by atoms with Gasteiger partial charge in [-0.15, -0.1) is 0 Å². The van der Waals surface area contributed by atoms with Crippen LogP contribution in [0.25, 0.3) is 0 Å². The molecular formula is C15H15I3N2O5. The fraction of sp³-hybridized carbons (Fsp3) is 0.267. The zero-order valence-corrected chi connectivity index (χ0v) is 19.3. The molecule has 10 heteroatoms. The number of carbonyl (C=O) groups is 3. The molecular weight excluding hydrogens is 669 g/mol. The van der Waals surface area contributed by atoms with Crippen molar-refractivity contribution in [2.45, 2.75) is 19.4 Å². The second-order valence-electron chi connectivity index (χ2n) is 4.78. The third-order valence-corrected chi connectivity index (χ3v) is 6.57. The van der Waals surface area contributed by atoms with Crippen molar-refractivity contribution in [3.8, 4) is 0 Å². The maximum atomic E-state index is 12.1. The van der Waals surface area contributed by atoms with E-state index < -0.39 is 5.97 Å². The van der Waals surface area contributed by atoms with Gasteiger partial charge in [-0.05, 0) is 80.3 Å². The van der Waals surface area contributed by atoms with E-state index >= 15 is 0 Å². The minimum absolute atomic E-state index is 0.0548. The van der Waals surface area contributed by atoms with E-state index in [-0.39, 0.29) is 30.4 Å². The molecule has 2 amide bonds. The molecule has 25 heavy (non-hydrogen) atoms. The molecule has 0 heterocycles. The van der Waals surface area contributed by atoms with E-state index in [1.807, 2.05) is 67.8 Å². The highest BCUT2D eigenvalue weighted by Gasteiger charge is 2.24. The van der Waals surface area contributed by atoms with E-state index in [4.69, 9.17) is 0 Å². The first-order valence-corrected chi connectivity index (χ1v) is 10.2. The summed E-state index contributed by atoms with van der Waals surface area (Å²) in [6, 6.07) is 0.